The molecule has 3 N–H and O–H groups in total. The molecule has 1 amide bonds. The normalized spacial score (nSPS) is 9.96. The second kappa shape index (κ2) is 9.21. The van der Waals surface area contributed by atoms with Crippen molar-refractivity contribution in [2.75, 3.05) is 12.3 Å². The third-order valence-electron chi connectivity index (χ3n) is 3.42. The highest BCUT2D eigenvalue weighted by Crippen LogP contribution is 2.14. The minimum atomic E-state index is -0.249. The van der Waals surface area contributed by atoms with Gasteiger partial charge in [-0.3, -0.25) is 4.79 Å². The van der Waals surface area contributed by atoms with E-state index in [0.29, 0.717) is 18.7 Å². The van der Waals surface area contributed by atoms with Crippen molar-refractivity contribution in [3.63, 3.8) is 0 Å². The fourth-order valence-electron chi connectivity index (χ4n) is 2.15. The molecule has 0 saturated carbocycles. The number of nitrogens with one attached hydrogen (secondary N) is 1. The van der Waals surface area contributed by atoms with Crippen LogP contribution in [-0.2, 0) is 6.54 Å². The number of nitrogens with two attached hydrogens (primary N) is 1. The zero-order chi connectivity index (χ0) is 17.2. The number of hydrogen-bond acceptors (Lipinski definition) is 4. The van der Waals surface area contributed by atoms with E-state index in [1.165, 1.54) is 0 Å². The predicted octanol–water partition coefficient (Wildman–Crippen LogP) is 2.78. The Bertz CT molecular complexity index is 723. The molecule has 0 fully saturated rings. The molecular formula is C19H21N3O2. The Morgan fingerprint density at radius 2 is 2.17 bits per heavy atom. The standard InChI is InChI=1S/C19H21N3O2/c1-2-3-4-5-12-24-16-9-6-8-15(13-16)14-22-19(23)17-10-7-11-21-18(17)20/h1,6-11,13H,3-5,12,14H2,(H2,20,21)(H,22,23). The molecule has 0 aliphatic heterocycles. The van der Waals surface area contributed by atoms with E-state index in [2.05, 4.69) is 16.2 Å². The summed E-state index contributed by atoms with van der Waals surface area (Å²) in [5.74, 6) is 3.36. The fourth-order valence-corrected chi connectivity index (χ4v) is 2.15. The number of unbranched alkanes of at least 4 members (excludes halogenated alkanes) is 2. The number of hydrogen-bond donors (Lipinski definition) is 2. The Kier molecular flexibility index (Phi) is 6.66. The molecule has 0 aliphatic carbocycles. The van der Waals surface area contributed by atoms with Crippen molar-refractivity contribution < 1.29 is 9.53 Å². The van der Waals surface area contributed by atoms with E-state index in [0.717, 1.165) is 30.6 Å². The molecule has 124 valence electrons. The lowest BCUT2D eigenvalue weighted by Gasteiger charge is -2.09. The van der Waals surface area contributed by atoms with E-state index >= 15 is 0 Å². The molecule has 0 saturated heterocycles. The van der Waals surface area contributed by atoms with Crippen LogP contribution in [0.25, 0.3) is 0 Å². The first-order valence-electron chi connectivity index (χ1n) is 7.84. The van der Waals surface area contributed by atoms with Gasteiger partial charge in [0.2, 0.25) is 0 Å². The second-order valence-electron chi connectivity index (χ2n) is 5.28. The van der Waals surface area contributed by atoms with Gasteiger partial charge in [-0.1, -0.05) is 12.1 Å². The molecule has 0 aliphatic rings. The lowest BCUT2D eigenvalue weighted by molar-refractivity contribution is 0.0951. The molecule has 1 aromatic heterocycles. The van der Waals surface area contributed by atoms with Crippen LogP contribution in [0.5, 0.6) is 5.75 Å². The van der Waals surface area contributed by atoms with Crippen molar-refractivity contribution in [2.24, 2.45) is 0 Å². The first-order chi connectivity index (χ1) is 11.7. The van der Waals surface area contributed by atoms with Gasteiger partial charge in [-0.15, -0.1) is 12.3 Å². The summed E-state index contributed by atoms with van der Waals surface area (Å²) < 4.78 is 5.69. The van der Waals surface area contributed by atoms with Crippen molar-refractivity contribution >= 4 is 11.7 Å². The monoisotopic (exact) mass is 323 g/mol. The molecule has 0 unspecified atom stereocenters. The number of carbonyl (C=O) groups is 1. The highest BCUT2D eigenvalue weighted by atomic mass is 16.5. The van der Waals surface area contributed by atoms with Gasteiger partial charge in [0, 0.05) is 19.2 Å². The number of terminal acetylenes is 1. The molecule has 24 heavy (non-hydrogen) atoms. The SMILES string of the molecule is C#CCCCCOc1cccc(CNC(=O)c2cccnc2N)c1. The number of amides is 1. The summed E-state index contributed by atoms with van der Waals surface area (Å²) in [6.07, 6.45) is 9.42. The van der Waals surface area contributed by atoms with Crippen LogP contribution in [0.2, 0.25) is 0 Å². The van der Waals surface area contributed by atoms with Crippen LogP contribution in [0.4, 0.5) is 5.82 Å². The third kappa shape index (κ3) is 5.33. The van der Waals surface area contributed by atoms with E-state index in [-0.39, 0.29) is 11.7 Å². The number of pyridine rings is 1. The van der Waals surface area contributed by atoms with Crippen LogP contribution < -0.4 is 15.8 Å². The van der Waals surface area contributed by atoms with E-state index in [4.69, 9.17) is 16.9 Å². The van der Waals surface area contributed by atoms with Crippen LogP contribution in [0.15, 0.2) is 42.6 Å². The molecule has 0 atom stereocenters. The summed E-state index contributed by atoms with van der Waals surface area (Å²) in [6, 6.07) is 11.0. The number of anilines is 1. The zero-order valence-electron chi connectivity index (χ0n) is 13.5. The minimum absolute atomic E-state index is 0.221. The molecule has 1 aromatic carbocycles. The smallest absolute Gasteiger partial charge is 0.255 e. The van der Waals surface area contributed by atoms with Gasteiger partial charge in [0.1, 0.15) is 11.6 Å². The summed E-state index contributed by atoms with van der Waals surface area (Å²) in [7, 11) is 0. The van der Waals surface area contributed by atoms with Gasteiger partial charge >= 0.3 is 0 Å². The number of nitrogen functional groups attached to an aromatic ring is 1. The average Bonchev–Trinajstić information content (AvgIpc) is 2.60. The number of rotatable bonds is 8. The van der Waals surface area contributed by atoms with Crippen molar-refractivity contribution in [2.45, 2.75) is 25.8 Å². The van der Waals surface area contributed by atoms with Crippen LogP contribution in [-0.4, -0.2) is 17.5 Å². The number of benzene rings is 1. The Morgan fingerprint density at radius 3 is 2.96 bits per heavy atom. The fraction of sp³-hybridized carbons (Fsp3) is 0.263. The maximum atomic E-state index is 12.1. The van der Waals surface area contributed by atoms with E-state index in [9.17, 15) is 4.79 Å². The zero-order valence-corrected chi connectivity index (χ0v) is 13.5. The van der Waals surface area contributed by atoms with Gasteiger partial charge in [0.05, 0.1) is 12.2 Å². The number of nitrogens with zero attached hydrogens (tertiary/aromatic N) is 1. The second-order valence-corrected chi connectivity index (χ2v) is 5.28. The molecular weight excluding hydrogens is 302 g/mol. The Morgan fingerprint density at radius 1 is 1.29 bits per heavy atom. The van der Waals surface area contributed by atoms with E-state index in [1.54, 1.807) is 18.3 Å². The van der Waals surface area contributed by atoms with Gasteiger partial charge in [0.15, 0.2) is 0 Å². The lowest BCUT2D eigenvalue weighted by atomic mass is 10.2. The molecule has 5 heteroatoms. The number of aromatic nitrogens is 1. The van der Waals surface area contributed by atoms with Gasteiger partial charge in [-0.25, -0.2) is 4.98 Å². The molecule has 5 nitrogen and oxygen atoms in total. The van der Waals surface area contributed by atoms with Crippen molar-refractivity contribution in [3.8, 4) is 18.1 Å². The largest absolute Gasteiger partial charge is 0.494 e. The Labute approximate surface area is 142 Å². The average molecular weight is 323 g/mol. The third-order valence-corrected chi connectivity index (χ3v) is 3.42. The summed E-state index contributed by atoms with van der Waals surface area (Å²) in [5.41, 5.74) is 7.02. The van der Waals surface area contributed by atoms with Crippen molar-refractivity contribution in [1.29, 1.82) is 0 Å². The molecule has 2 rings (SSSR count). The van der Waals surface area contributed by atoms with Crippen LogP contribution in [0.3, 0.4) is 0 Å². The first-order valence-corrected chi connectivity index (χ1v) is 7.84. The van der Waals surface area contributed by atoms with E-state index < -0.39 is 0 Å². The van der Waals surface area contributed by atoms with E-state index in [1.807, 2.05) is 24.3 Å². The Balaban J connectivity index is 1.85. The topological polar surface area (TPSA) is 77.2 Å². The van der Waals surface area contributed by atoms with Gasteiger partial charge in [-0.2, -0.15) is 0 Å². The van der Waals surface area contributed by atoms with Crippen LogP contribution >= 0.6 is 0 Å². The summed E-state index contributed by atoms with van der Waals surface area (Å²) in [6.45, 7) is 1.02. The maximum Gasteiger partial charge on any atom is 0.255 e. The quantitative estimate of drug-likeness (QED) is 0.578. The predicted molar refractivity (Wildman–Crippen MR) is 94.4 cm³/mol. The summed E-state index contributed by atoms with van der Waals surface area (Å²) >= 11 is 0. The Hall–Kier alpha value is -3.00. The molecule has 2 aromatic rings. The number of carbonyl (C=O) groups excluding carboxylic acids is 1. The summed E-state index contributed by atoms with van der Waals surface area (Å²) in [5, 5.41) is 2.83. The van der Waals surface area contributed by atoms with Gasteiger partial charge in [-0.05, 0) is 42.7 Å². The maximum absolute atomic E-state index is 12.1. The van der Waals surface area contributed by atoms with Crippen LogP contribution in [0, 0.1) is 12.3 Å². The number of ether oxygens (including phenoxy) is 1. The van der Waals surface area contributed by atoms with Crippen LogP contribution in [0.1, 0.15) is 35.2 Å². The lowest BCUT2D eigenvalue weighted by Crippen LogP contribution is -2.24. The van der Waals surface area contributed by atoms with Gasteiger partial charge in [0.25, 0.3) is 5.91 Å². The minimum Gasteiger partial charge on any atom is -0.494 e. The highest BCUT2D eigenvalue weighted by molar-refractivity contribution is 5.98. The highest BCUT2D eigenvalue weighted by Gasteiger charge is 2.09. The summed E-state index contributed by atoms with van der Waals surface area (Å²) in [4.78, 5) is 16.0. The van der Waals surface area contributed by atoms with Gasteiger partial charge < -0.3 is 15.8 Å². The van der Waals surface area contributed by atoms with Crippen molar-refractivity contribution in [1.82, 2.24) is 10.3 Å². The molecule has 1 heterocycles. The molecule has 0 bridgehead atoms. The molecule has 0 spiro atoms. The molecule has 0 radical (unpaired) electrons. The van der Waals surface area contributed by atoms with Crippen molar-refractivity contribution in [3.05, 3.63) is 53.7 Å². The first kappa shape index (κ1) is 17.4.